The molecule has 0 saturated carbocycles. The molecule has 0 spiro atoms. The highest BCUT2D eigenvalue weighted by atomic mass is 16.5. The molecule has 0 unspecified atom stereocenters. The normalized spacial score (nSPS) is 20.7. The minimum atomic E-state index is -0.112. The average Bonchev–Trinajstić information content (AvgIpc) is 2.61. The predicted molar refractivity (Wildman–Crippen MR) is 93.5 cm³/mol. The van der Waals surface area contributed by atoms with Crippen molar-refractivity contribution in [2.45, 2.75) is 38.6 Å². The molecule has 0 bridgehead atoms. The fourth-order valence-electron chi connectivity index (χ4n) is 3.13. The van der Waals surface area contributed by atoms with Gasteiger partial charge in [-0.05, 0) is 31.7 Å². The van der Waals surface area contributed by atoms with Crippen molar-refractivity contribution in [1.82, 2.24) is 10.2 Å². The number of rotatable bonds is 7. The van der Waals surface area contributed by atoms with E-state index in [2.05, 4.69) is 12.2 Å². The number of likely N-dealkylation sites (tertiary alicyclic amines) is 1. The molecule has 1 aromatic rings. The molecule has 132 valence electrons. The number of hydrogen-bond donors (Lipinski definition) is 1. The monoisotopic (exact) mass is 332 g/mol. The van der Waals surface area contributed by atoms with Gasteiger partial charge in [0.15, 0.2) is 0 Å². The molecule has 1 aliphatic heterocycles. The molecular weight excluding hydrogens is 304 g/mol. The summed E-state index contributed by atoms with van der Waals surface area (Å²) >= 11 is 0. The second-order valence-corrected chi connectivity index (χ2v) is 6.44. The van der Waals surface area contributed by atoms with Crippen LogP contribution in [0.15, 0.2) is 30.3 Å². The summed E-state index contributed by atoms with van der Waals surface area (Å²) in [5, 5.41) is 2.88. The summed E-state index contributed by atoms with van der Waals surface area (Å²) < 4.78 is 4.95. The smallest absolute Gasteiger partial charge is 0.224 e. The van der Waals surface area contributed by atoms with E-state index in [0.717, 1.165) is 19.3 Å². The molecule has 2 rings (SSSR count). The Labute approximate surface area is 144 Å². The van der Waals surface area contributed by atoms with Gasteiger partial charge in [0, 0.05) is 32.7 Å². The Morgan fingerprint density at radius 3 is 2.71 bits per heavy atom. The Balaban J connectivity index is 1.85. The fraction of sp³-hybridized carbons (Fsp3) is 0.579. The quantitative estimate of drug-likeness (QED) is 0.777. The molecule has 24 heavy (non-hydrogen) atoms. The number of amides is 2. The summed E-state index contributed by atoms with van der Waals surface area (Å²) in [5.41, 5.74) is 1.17. The van der Waals surface area contributed by atoms with E-state index in [1.807, 2.05) is 35.2 Å². The largest absolute Gasteiger partial charge is 0.383 e. The summed E-state index contributed by atoms with van der Waals surface area (Å²) in [4.78, 5) is 26.7. The molecule has 2 amide bonds. The predicted octanol–water partition coefficient (Wildman–Crippen LogP) is 2.01. The average molecular weight is 332 g/mol. The highest BCUT2D eigenvalue weighted by molar-refractivity contribution is 5.81. The van der Waals surface area contributed by atoms with Crippen LogP contribution in [0, 0.1) is 5.92 Å². The van der Waals surface area contributed by atoms with Crippen LogP contribution in [0.3, 0.4) is 0 Å². The molecule has 0 aromatic heterocycles. The molecule has 5 heteroatoms. The van der Waals surface area contributed by atoms with Gasteiger partial charge in [-0.25, -0.2) is 0 Å². The third kappa shape index (κ3) is 5.34. The van der Waals surface area contributed by atoms with Crippen molar-refractivity contribution < 1.29 is 14.3 Å². The van der Waals surface area contributed by atoms with Gasteiger partial charge >= 0.3 is 0 Å². The van der Waals surface area contributed by atoms with Crippen LogP contribution in [0.2, 0.25) is 0 Å². The lowest BCUT2D eigenvalue weighted by Crippen LogP contribution is -2.49. The number of methoxy groups -OCH3 is 1. The molecule has 2 atom stereocenters. The molecule has 0 aliphatic carbocycles. The highest BCUT2D eigenvalue weighted by Gasteiger charge is 2.32. The summed E-state index contributed by atoms with van der Waals surface area (Å²) in [6, 6.07) is 10.2. The lowest BCUT2D eigenvalue weighted by atomic mass is 9.92. The number of aryl methyl sites for hydroxylation is 1. The van der Waals surface area contributed by atoms with Crippen LogP contribution in [-0.2, 0) is 20.7 Å². The molecule has 0 radical (unpaired) electrons. The first-order chi connectivity index (χ1) is 11.6. The SMILES string of the molecule is COCCNC(=O)[C@H]1CC[C@H](C)N(C(=O)CCc2ccccc2)C1. The van der Waals surface area contributed by atoms with E-state index in [-0.39, 0.29) is 23.8 Å². The van der Waals surface area contributed by atoms with E-state index in [1.165, 1.54) is 5.56 Å². The van der Waals surface area contributed by atoms with E-state index in [1.54, 1.807) is 7.11 Å². The summed E-state index contributed by atoms with van der Waals surface area (Å²) in [6.45, 7) is 3.62. The first-order valence-corrected chi connectivity index (χ1v) is 8.72. The number of carbonyl (C=O) groups is 2. The summed E-state index contributed by atoms with van der Waals surface area (Å²) in [7, 11) is 1.61. The van der Waals surface area contributed by atoms with Crippen LogP contribution in [-0.4, -0.2) is 49.6 Å². The van der Waals surface area contributed by atoms with E-state index < -0.39 is 0 Å². The van der Waals surface area contributed by atoms with Crippen LogP contribution in [0.5, 0.6) is 0 Å². The molecule has 1 saturated heterocycles. The standard InChI is InChI=1S/C19H28N2O3/c1-15-8-10-17(19(23)20-12-13-24-2)14-21(15)18(22)11-9-16-6-4-3-5-7-16/h3-7,15,17H,8-14H2,1-2H3,(H,20,23)/t15-,17-/m0/s1. The Kier molecular flexibility index (Phi) is 7.25. The summed E-state index contributed by atoms with van der Waals surface area (Å²) in [5.74, 6) is 0.0549. The van der Waals surface area contributed by atoms with Crippen LogP contribution >= 0.6 is 0 Å². The van der Waals surface area contributed by atoms with Crippen molar-refractivity contribution >= 4 is 11.8 Å². The van der Waals surface area contributed by atoms with Crippen LogP contribution in [0.1, 0.15) is 31.7 Å². The lowest BCUT2D eigenvalue weighted by molar-refractivity contribution is -0.138. The van der Waals surface area contributed by atoms with E-state index in [0.29, 0.717) is 26.1 Å². The summed E-state index contributed by atoms with van der Waals surface area (Å²) in [6.07, 6.45) is 2.95. The number of piperidine rings is 1. The van der Waals surface area contributed by atoms with E-state index >= 15 is 0 Å². The maximum Gasteiger partial charge on any atom is 0.224 e. The molecule has 5 nitrogen and oxygen atoms in total. The van der Waals surface area contributed by atoms with Crippen LogP contribution in [0.4, 0.5) is 0 Å². The molecule has 1 heterocycles. The van der Waals surface area contributed by atoms with Crippen LogP contribution in [0.25, 0.3) is 0 Å². The van der Waals surface area contributed by atoms with Gasteiger partial charge in [0.05, 0.1) is 12.5 Å². The van der Waals surface area contributed by atoms with Crippen molar-refractivity contribution in [2.75, 3.05) is 26.8 Å². The maximum absolute atomic E-state index is 12.6. The van der Waals surface area contributed by atoms with Crippen molar-refractivity contribution in [3.05, 3.63) is 35.9 Å². The van der Waals surface area contributed by atoms with Gasteiger partial charge in [0.25, 0.3) is 0 Å². The van der Waals surface area contributed by atoms with Gasteiger partial charge in [-0.1, -0.05) is 30.3 Å². The zero-order valence-electron chi connectivity index (χ0n) is 14.7. The second kappa shape index (κ2) is 9.42. The number of hydrogen-bond acceptors (Lipinski definition) is 3. The highest BCUT2D eigenvalue weighted by Crippen LogP contribution is 2.23. The zero-order chi connectivity index (χ0) is 17.4. The zero-order valence-corrected chi connectivity index (χ0v) is 14.7. The number of ether oxygens (including phenoxy) is 1. The van der Waals surface area contributed by atoms with E-state index in [9.17, 15) is 9.59 Å². The lowest BCUT2D eigenvalue weighted by Gasteiger charge is -2.37. The third-order valence-corrected chi connectivity index (χ3v) is 4.65. The van der Waals surface area contributed by atoms with Gasteiger partial charge in [-0.15, -0.1) is 0 Å². The van der Waals surface area contributed by atoms with Crippen molar-refractivity contribution in [3.8, 4) is 0 Å². The Morgan fingerprint density at radius 1 is 1.25 bits per heavy atom. The van der Waals surface area contributed by atoms with Crippen molar-refractivity contribution in [1.29, 1.82) is 0 Å². The van der Waals surface area contributed by atoms with Crippen LogP contribution < -0.4 is 5.32 Å². The van der Waals surface area contributed by atoms with Gasteiger partial charge in [0.2, 0.25) is 11.8 Å². The Bertz CT molecular complexity index is 533. The first-order valence-electron chi connectivity index (χ1n) is 8.72. The maximum atomic E-state index is 12.6. The molecule has 1 aliphatic rings. The van der Waals surface area contributed by atoms with Gasteiger partial charge in [-0.2, -0.15) is 0 Å². The second-order valence-electron chi connectivity index (χ2n) is 6.44. The number of carbonyl (C=O) groups excluding carboxylic acids is 2. The first kappa shape index (κ1) is 18.5. The molecule has 1 fully saturated rings. The fourth-order valence-corrected chi connectivity index (χ4v) is 3.13. The topological polar surface area (TPSA) is 58.6 Å². The number of benzene rings is 1. The Morgan fingerprint density at radius 2 is 2.00 bits per heavy atom. The molecule has 1 aromatic carbocycles. The van der Waals surface area contributed by atoms with Crippen molar-refractivity contribution in [3.63, 3.8) is 0 Å². The number of nitrogens with one attached hydrogen (secondary N) is 1. The van der Waals surface area contributed by atoms with Gasteiger partial charge < -0.3 is 15.0 Å². The third-order valence-electron chi connectivity index (χ3n) is 4.65. The molecular formula is C19H28N2O3. The minimum absolute atomic E-state index is 0.0276. The van der Waals surface area contributed by atoms with Crippen molar-refractivity contribution in [2.24, 2.45) is 5.92 Å². The minimum Gasteiger partial charge on any atom is -0.383 e. The van der Waals surface area contributed by atoms with Gasteiger partial charge in [-0.3, -0.25) is 9.59 Å². The van der Waals surface area contributed by atoms with Gasteiger partial charge in [0.1, 0.15) is 0 Å². The Hall–Kier alpha value is -1.88. The number of nitrogens with zero attached hydrogens (tertiary/aromatic N) is 1. The van der Waals surface area contributed by atoms with E-state index in [4.69, 9.17) is 4.74 Å². The molecule has 1 N–H and O–H groups in total.